The molecule has 2 fully saturated rings. The Balaban J connectivity index is 1.80. The molecule has 3 heteroatoms. The van der Waals surface area contributed by atoms with Gasteiger partial charge in [0, 0.05) is 19.3 Å². The van der Waals surface area contributed by atoms with E-state index in [9.17, 15) is 0 Å². The van der Waals surface area contributed by atoms with E-state index < -0.39 is 0 Å². The molecule has 2 atom stereocenters. The number of aryl methyl sites for hydroxylation is 1. The van der Waals surface area contributed by atoms with Gasteiger partial charge >= 0.3 is 0 Å². The van der Waals surface area contributed by atoms with Gasteiger partial charge in [-0.05, 0) is 45.1 Å². The fourth-order valence-corrected chi connectivity index (χ4v) is 3.76. The molecule has 1 aliphatic carbocycles. The van der Waals surface area contributed by atoms with Crippen LogP contribution in [0.5, 0.6) is 0 Å². The molecule has 1 saturated heterocycles. The van der Waals surface area contributed by atoms with E-state index in [0.717, 1.165) is 11.5 Å². The van der Waals surface area contributed by atoms with Crippen molar-refractivity contribution < 1.29 is 0 Å². The maximum Gasteiger partial charge on any atom is 0.0749 e. The highest BCUT2D eigenvalue weighted by Crippen LogP contribution is 2.33. The summed E-state index contributed by atoms with van der Waals surface area (Å²) in [6.07, 6.45) is 12.0. The van der Waals surface area contributed by atoms with Crippen molar-refractivity contribution in [2.45, 2.75) is 57.5 Å². The number of hydrogen-bond donors (Lipinski definition) is 0. The zero-order valence-electron chi connectivity index (χ0n) is 12.7. The maximum atomic E-state index is 4.21. The van der Waals surface area contributed by atoms with Crippen LogP contribution in [0.2, 0.25) is 0 Å². The minimum Gasteiger partial charge on any atom is -0.287 e. The Bertz CT molecular complexity index is 502. The van der Waals surface area contributed by atoms with Gasteiger partial charge in [0.2, 0.25) is 0 Å². The first-order chi connectivity index (χ1) is 9.74. The van der Waals surface area contributed by atoms with Gasteiger partial charge in [-0.15, -0.1) is 0 Å². The van der Waals surface area contributed by atoms with Gasteiger partial charge in [-0.1, -0.05) is 24.7 Å². The van der Waals surface area contributed by atoms with E-state index in [4.69, 9.17) is 0 Å². The Morgan fingerprint density at radius 3 is 2.65 bits per heavy atom. The molecule has 1 aliphatic heterocycles. The first-order valence-corrected chi connectivity index (χ1v) is 8.00. The van der Waals surface area contributed by atoms with Crippen LogP contribution in [0.1, 0.15) is 51.0 Å². The van der Waals surface area contributed by atoms with Gasteiger partial charge in [0.05, 0.1) is 17.8 Å². The standard InChI is InChI=1S/C17H25N3/c1-14-6-5-11-20(14)17(16-7-3-4-8-16)10-9-15-12-18-19(2)13-15/h12-14,16-17H,3-8,11H2,1-2H3. The zero-order valence-corrected chi connectivity index (χ0v) is 12.7. The molecule has 2 aliphatic rings. The van der Waals surface area contributed by atoms with Gasteiger partial charge in [-0.3, -0.25) is 9.58 Å². The van der Waals surface area contributed by atoms with E-state index in [1.165, 1.54) is 45.1 Å². The highest BCUT2D eigenvalue weighted by Gasteiger charge is 2.33. The fraction of sp³-hybridized carbons (Fsp3) is 0.706. The van der Waals surface area contributed by atoms with Gasteiger partial charge < -0.3 is 0 Å². The predicted molar refractivity (Wildman–Crippen MR) is 81.2 cm³/mol. The number of rotatable bonds is 2. The lowest BCUT2D eigenvalue weighted by Crippen LogP contribution is -2.41. The fourth-order valence-electron chi connectivity index (χ4n) is 3.76. The molecule has 20 heavy (non-hydrogen) atoms. The number of nitrogens with zero attached hydrogens (tertiary/aromatic N) is 3. The lowest BCUT2D eigenvalue weighted by Gasteiger charge is -2.31. The molecule has 1 aromatic rings. The summed E-state index contributed by atoms with van der Waals surface area (Å²) in [6.45, 7) is 3.59. The second-order valence-corrected chi connectivity index (χ2v) is 6.39. The molecule has 1 aromatic heterocycles. The Hall–Kier alpha value is -1.27. The minimum absolute atomic E-state index is 0.454. The van der Waals surface area contributed by atoms with Crippen molar-refractivity contribution in [1.82, 2.24) is 14.7 Å². The first kappa shape index (κ1) is 13.7. The minimum atomic E-state index is 0.454. The summed E-state index contributed by atoms with van der Waals surface area (Å²) in [4.78, 5) is 2.65. The van der Waals surface area contributed by atoms with E-state index in [1.807, 2.05) is 24.1 Å². The van der Waals surface area contributed by atoms with E-state index in [0.29, 0.717) is 12.1 Å². The van der Waals surface area contributed by atoms with Crippen molar-refractivity contribution in [2.24, 2.45) is 13.0 Å². The molecule has 3 rings (SSSR count). The Labute approximate surface area is 122 Å². The van der Waals surface area contributed by atoms with Crippen molar-refractivity contribution in [1.29, 1.82) is 0 Å². The molecule has 0 radical (unpaired) electrons. The second kappa shape index (κ2) is 6.01. The molecule has 2 heterocycles. The monoisotopic (exact) mass is 271 g/mol. The molecule has 0 N–H and O–H groups in total. The molecule has 108 valence electrons. The highest BCUT2D eigenvalue weighted by molar-refractivity contribution is 5.32. The lowest BCUT2D eigenvalue weighted by atomic mass is 9.96. The summed E-state index contributed by atoms with van der Waals surface area (Å²) < 4.78 is 1.83. The third-order valence-corrected chi connectivity index (χ3v) is 4.88. The summed E-state index contributed by atoms with van der Waals surface area (Å²) >= 11 is 0. The van der Waals surface area contributed by atoms with Crippen LogP contribution in [-0.2, 0) is 7.05 Å². The lowest BCUT2D eigenvalue weighted by molar-refractivity contribution is 0.178. The van der Waals surface area contributed by atoms with Crippen molar-refractivity contribution in [3.63, 3.8) is 0 Å². The Kier molecular flexibility index (Phi) is 4.12. The molecule has 1 saturated carbocycles. The van der Waals surface area contributed by atoms with Crippen molar-refractivity contribution >= 4 is 0 Å². The van der Waals surface area contributed by atoms with Crippen LogP contribution in [0.4, 0.5) is 0 Å². The maximum absolute atomic E-state index is 4.21. The van der Waals surface area contributed by atoms with Crippen molar-refractivity contribution in [2.75, 3.05) is 6.54 Å². The number of likely N-dealkylation sites (tertiary alicyclic amines) is 1. The van der Waals surface area contributed by atoms with E-state index in [-0.39, 0.29) is 0 Å². The molecule has 0 aromatic carbocycles. The van der Waals surface area contributed by atoms with Gasteiger partial charge in [0.15, 0.2) is 0 Å². The van der Waals surface area contributed by atoms with Crippen LogP contribution in [0.3, 0.4) is 0 Å². The van der Waals surface area contributed by atoms with Gasteiger partial charge in [-0.2, -0.15) is 5.10 Å². The topological polar surface area (TPSA) is 21.1 Å². The largest absolute Gasteiger partial charge is 0.287 e. The van der Waals surface area contributed by atoms with Crippen molar-refractivity contribution in [3.05, 3.63) is 18.0 Å². The zero-order chi connectivity index (χ0) is 13.9. The van der Waals surface area contributed by atoms with Crippen LogP contribution in [0.15, 0.2) is 12.4 Å². The molecule has 2 unspecified atom stereocenters. The second-order valence-electron chi connectivity index (χ2n) is 6.39. The van der Waals surface area contributed by atoms with Crippen LogP contribution >= 0.6 is 0 Å². The third-order valence-electron chi connectivity index (χ3n) is 4.88. The molecule has 3 nitrogen and oxygen atoms in total. The average molecular weight is 271 g/mol. The van der Waals surface area contributed by atoms with E-state index in [1.54, 1.807) is 0 Å². The average Bonchev–Trinajstić information content (AvgIpc) is 3.14. The normalized spacial score (nSPS) is 25.6. The summed E-state index contributed by atoms with van der Waals surface area (Å²) in [5.74, 6) is 7.73. The SMILES string of the molecule is CC1CCCN1C(C#Cc1cnn(C)c1)C1CCCC1. The highest BCUT2D eigenvalue weighted by atomic mass is 15.2. The van der Waals surface area contributed by atoms with Crippen LogP contribution < -0.4 is 0 Å². The molecule has 0 bridgehead atoms. The first-order valence-electron chi connectivity index (χ1n) is 8.00. The molecule has 0 amide bonds. The number of hydrogen-bond acceptors (Lipinski definition) is 2. The van der Waals surface area contributed by atoms with Crippen molar-refractivity contribution in [3.8, 4) is 11.8 Å². The molecular weight excluding hydrogens is 246 g/mol. The van der Waals surface area contributed by atoms with Crippen LogP contribution in [-0.4, -0.2) is 33.3 Å². The Morgan fingerprint density at radius 2 is 2.05 bits per heavy atom. The molecule has 0 spiro atoms. The molecular formula is C17H25N3. The van der Waals surface area contributed by atoms with E-state index in [2.05, 4.69) is 28.8 Å². The van der Waals surface area contributed by atoms with Crippen LogP contribution in [0.25, 0.3) is 0 Å². The summed E-state index contributed by atoms with van der Waals surface area (Å²) in [5.41, 5.74) is 1.04. The quantitative estimate of drug-likeness (QED) is 0.771. The van der Waals surface area contributed by atoms with Gasteiger partial charge in [0.25, 0.3) is 0 Å². The Morgan fingerprint density at radius 1 is 1.25 bits per heavy atom. The summed E-state index contributed by atoms with van der Waals surface area (Å²) in [6, 6.07) is 1.15. The number of aromatic nitrogens is 2. The third kappa shape index (κ3) is 2.91. The van der Waals surface area contributed by atoms with Gasteiger partial charge in [-0.25, -0.2) is 0 Å². The summed E-state index contributed by atoms with van der Waals surface area (Å²) in [7, 11) is 1.95. The predicted octanol–water partition coefficient (Wildman–Crippen LogP) is 2.81. The summed E-state index contributed by atoms with van der Waals surface area (Å²) in [5, 5.41) is 4.21. The van der Waals surface area contributed by atoms with Crippen LogP contribution in [0, 0.1) is 17.8 Å². The smallest absolute Gasteiger partial charge is 0.0749 e. The van der Waals surface area contributed by atoms with Gasteiger partial charge in [0.1, 0.15) is 0 Å². The van der Waals surface area contributed by atoms with E-state index >= 15 is 0 Å².